The Hall–Kier alpha value is -1.54. The minimum atomic E-state index is -4.29. The summed E-state index contributed by atoms with van der Waals surface area (Å²) in [5, 5.41) is 0. The lowest BCUT2D eigenvalue weighted by molar-refractivity contribution is -0.870. The number of hydrogen-bond acceptors (Lipinski definition) is 6. The number of nitrogens with zero attached hydrogens (tertiary/aromatic N) is 1. The molecule has 1 unspecified atom stereocenters. The number of rotatable bonds is 41. The summed E-state index contributed by atoms with van der Waals surface area (Å²) in [6.45, 7) is 5.53. The Morgan fingerprint density at radius 3 is 1.49 bits per heavy atom. The van der Waals surface area contributed by atoms with Crippen molar-refractivity contribution in [1.82, 2.24) is 0 Å². The summed E-state index contributed by atoms with van der Waals surface area (Å²) in [5.74, 6) is -0.366. The molecule has 9 heteroatoms. The molecule has 0 aromatic heterocycles. The molecule has 0 saturated carbocycles. The number of phosphoric acid groups is 1. The zero-order valence-corrected chi connectivity index (χ0v) is 37.3. The van der Waals surface area contributed by atoms with Crippen LogP contribution in [0.25, 0.3) is 0 Å². The van der Waals surface area contributed by atoms with E-state index in [-0.39, 0.29) is 32.2 Å². The summed E-state index contributed by atoms with van der Waals surface area (Å²) in [4.78, 5) is 22.9. The third-order valence-electron chi connectivity index (χ3n) is 9.39. The molecule has 0 bridgehead atoms. The van der Waals surface area contributed by atoms with Gasteiger partial charge in [-0.1, -0.05) is 172 Å². The maximum absolute atomic E-state index is 12.7. The second-order valence-corrected chi connectivity index (χ2v) is 17.5. The SMILES string of the molecule is CCCCC/C=C\C/C=C\C/C=C\C/C=C\CCCC(=O)O[C@H](COCCCCCCCCCCCCCCCCCC)COP(=O)(O)OCC[N+](C)(C)C. The van der Waals surface area contributed by atoms with Gasteiger partial charge < -0.3 is 18.9 Å². The van der Waals surface area contributed by atoms with Crippen LogP contribution in [0.1, 0.15) is 181 Å². The van der Waals surface area contributed by atoms with Gasteiger partial charge in [0.15, 0.2) is 0 Å². The molecule has 55 heavy (non-hydrogen) atoms. The van der Waals surface area contributed by atoms with Crippen LogP contribution in [0.5, 0.6) is 0 Å². The van der Waals surface area contributed by atoms with E-state index in [1.165, 1.54) is 116 Å². The zero-order chi connectivity index (χ0) is 40.6. The molecule has 0 heterocycles. The number of carbonyl (C=O) groups excluding carboxylic acids is 1. The van der Waals surface area contributed by atoms with Crippen molar-refractivity contribution in [1.29, 1.82) is 0 Å². The van der Waals surface area contributed by atoms with E-state index in [0.29, 0.717) is 24.1 Å². The minimum Gasteiger partial charge on any atom is -0.457 e. The summed E-state index contributed by atoms with van der Waals surface area (Å²) >= 11 is 0. The van der Waals surface area contributed by atoms with E-state index < -0.39 is 13.9 Å². The largest absolute Gasteiger partial charge is 0.472 e. The maximum Gasteiger partial charge on any atom is 0.472 e. The fraction of sp³-hybridized carbons (Fsp3) is 0.804. The summed E-state index contributed by atoms with van der Waals surface area (Å²) in [7, 11) is 1.63. The van der Waals surface area contributed by atoms with Gasteiger partial charge in [-0.3, -0.25) is 13.8 Å². The van der Waals surface area contributed by atoms with E-state index in [2.05, 4.69) is 62.5 Å². The first-order chi connectivity index (χ1) is 26.6. The van der Waals surface area contributed by atoms with Gasteiger partial charge >= 0.3 is 13.8 Å². The molecular formula is C46H87NO7P+. The maximum atomic E-state index is 12.7. The molecule has 0 spiro atoms. The van der Waals surface area contributed by atoms with Crippen LogP contribution in [-0.2, 0) is 27.9 Å². The van der Waals surface area contributed by atoms with Gasteiger partial charge in [0.05, 0.1) is 34.4 Å². The van der Waals surface area contributed by atoms with E-state index in [1.807, 2.05) is 21.1 Å². The van der Waals surface area contributed by atoms with Gasteiger partial charge in [-0.15, -0.1) is 0 Å². The van der Waals surface area contributed by atoms with Gasteiger partial charge in [0.25, 0.3) is 0 Å². The predicted octanol–water partition coefficient (Wildman–Crippen LogP) is 13.2. The summed E-state index contributed by atoms with van der Waals surface area (Å²) in [6, 6.07) is 0. The molecule has 322 valence electrons. The van der Waals surface area contributed by atoms with Gasteiger partial charge in [-0.05, 0) is 51.4 Å². The van der Waals surface area contributed by atoms with Crippen molar-refractivity contribution in [3.8, 4) is 0 Å². The number of likely N-dealkylation sites (N-methyl/N-ethyl adjacent to an activating group) is 1. The molecule has 0 radical (unpaired) electrons. The van der Waals surface area contributed by atoms with Gasteiger partial charge in [0.2, 0.25) is 0 Å². The highest BCUT2D eigenvalue weighted by atomic mass is 31.2. The highest BCUT2D eigenvalue weighted by Gasteiger charge is 2.26. The van der Waals surface area contributed by atoms with Crippen LogP contribution in [0.2, 0.25) is 0 Å². The van der Waals surface area contributed by atoms with Crippen molar-refractivity contribution in [2.45, 2.75) is 187 Å². The lowest BCUT2D eigenvalue weighted by Crippen LogP contribution is -2.37. The standard InChI is InChI=1S/C46H86NO7P/c1-6-8-10-12-14-16-18-20-22-24-25-27-29-31-33-35-37-39-46(48)54-45(44-53-55(49,50)52-42-40-47(3,4)5)43-51-41-38-36-34-32-30-28-26-23-21-19-17-15-13-11-9-7-2/h14,16,20,22,25,27,31,33,45H,6-13,15,17-19,21,23-24,26,28-30,32,34-44H2,1-5H3/p+1/b16-14-,22-20-,27-25-,33-31-/t45-/m1/s1. The Morgan fingerprint density at radius 2 is 1.00 bits per heavy atom. The Kier molecular flexibility index (Phi) is 38.2. The Morgan fingerprint density at radius 1 is 0.564 bits per heavy atom. The van der Waals surface area contributed by atoms with Crippen molar-refractivity contribution in [2.24, 2.45) is 0 Å². The fourth-order valence-electron chi connectivity index (χ4n) is 5.90. The van der Waals surface area contributed by atoms with Crippen LogP contribution in [0.15, 0.2) is 48.6 Å². The molecule has 0 rings (SSSR count). The lowest BCUT2D eigenvalue weighted by atomic mass is 10.0. The Balaban J connectivity index is 4.32. The number of quaternary nitrogens is 1. The normalized spacial score (nSPS) is 14.2. The van der Waals surface area contributed by atoms with Crippen LogP contribution in [0, 0.1) is 0 Å². The molecule has 8 nitrogen and oxygen atoms in total. The van der Waals surface area contributed by atoms with Crippen LogP contribution in [0.3, 0.4) is 0 Å². The monoisotopic (exact) mass is 797 g/mol. The fourth-order valence-corrected chi connectivity index (χ4v) is 6.64. The first kappa shape index (κ1) is 53.5. The van der Waals surface area contributed by atoms with E-state index in [0.717, 1.165) is 38.5 Å². The highest BCUT2D eigenvalue weighted by molar-refractivity contribution is 7.47. The molecule has 0 aromatic rings. The summed E-state index contributed by atoms with van der Waals surface area (Å²) in [5.41, 5.74) is 0. The van der Waals surface area contributed by atoms with Crippen molar-refractivity contribution < 1.29 is 37.3 Å². The molecule has 0 aliphatic rings. The predicted molar refractivity (Wildman–Crippen MR) is 233 cm³/mol. The van der Waals surface area contributed by atoms with Crippen LogP contribution in [0.4, 0.5) is 0 Å². The zero-order valence-electron chi connectivity index (χ0n) is 36.4. The quantitative estimate of drug-likeness (QED) is 0.0217. The third kappa shape index (κ3) is 43.4. The van der Waals surface area contributed by atoms with Gasteiger partial charge in [0, 0.05) is 13.0 Å². The number of allylic oxidation sites excluding steroid dienone is 8. The number of unbranched alkanes of at least 4 members (excludes halogenated alkanes) is 19. The number of hydrogen-bond donors (Lipinski definition) is 1. The third-order valence-corrected chi connectivity index (χ3v) is 10.4. The molecule has 0 saturated heterocycles. The summed E-state index contributed by atoms with van der Waals surface area (Å²) in [6.07, 6.45) is 47.2. The van der Waals surface area contributed by atoms with E-state index in [9.17, 15) is 14.3 Å². The molecule has 2 atom stereocenters. The van der Waals surface area contributed by atoms with Crippen LogP contribution >= 0.6 is 7.82 Å². The topological polar surface area (TPSA) is 91.3 Å². The first-order valence-corrected chi connectivity index (χ1v) is 23.9. The number of phosphoric ester groups is 1. The average molecular weight is 797 g/mol. The molecule has 0 aliphatic carbocycles. The second kappa shape index (κ2) is 39.3. The van der Waals surface area contributed by atoms with Gasteiger partial charge in [0.1, 0.15) is 19.3 Å². The number of carbonyl (C=O) groups is 1. The minimum absolute atomic E-state index is 0.0783. The van der Waals surface area contributed by atoms with Gasteiger partial charge in [-0.25, -0.2) is 4.57 Å². The van der Waals surface area contributed by atoms with Crippen molar-refractivity contribution in [3.05, 3.63) is 48.6 Å². The molecule has 0 aromatic carbocycles. The van der Waals surface area contributed by atoms with Crippen molar-refractivity contribution >= 4 is 13.8 Å². The van der Waals surface area contributed by atoms with Crippen molar-refractivity contribution in [2.75, 3.05) is 54.1 Å². The number of esters is 1. The smallest absolute Gasteiger partial charge is 0.457 e. The lowest BCUT2D eigenvalue weighted by Gasteiger charge is -2.24. The van der Waals surface area contributed by atoms with Crippen molar-refractivity contribution in [3.63, 3.8) is 0 Å². The average Bonchev–Trinajstić information content (AvgIpc) is 3.13. The molecular weight excluding hydrogens is 709 g/mol. The van der Waals surface area contributed by atoms with E-state index in [1.54, 1.807) is 0 Å². The summed E-state index contributed by atoms with van der Waals surface area (Å²) < 4.78 is 34.9. The Bertz CT molecular complexity index is 1020. The van der Waals surface area contributed by atoms with Crippen LogP contribution < -0.4 is 0 Å². The van der Waals surface area contributed by atoms with E-state index >= 15 is 0 Å². The first-order valence-electron chi connectivity index (χ1n) is 22.4. The molecule has 0 fully saturated rings. The van der Waals surface area contributed by atoms with Gasteiger partial charge in [-0.2, -0.15) is 0 Å². The Labute approximate surface area is 339 Å². The molecule has 0 amide bonds. The molecule has 1 N–H and O–H groups in total. The second-order valence-electron chi connectivity index (χ2n) is 16.1. The molecule has 0 aliphatic heterocycles. The van der Waals surface area contributed by atoms with E-state index in [4.69, 9.17) is 18.5 Å². The van der Waals surface area contributed by atoms with Crippen LogP contribution in [-0.4, -0.2) is 75.6 Å². The highest BCUT2D eigenvalue weighted by Crippen LogP contribution is 2.43. The number of ether oxygens (including phenoxy) is 2.